The number of hydrogen-bond acceptors (Lipinski definition) is 6. The summed E-state index contributed by atoms with van der Waals surface area (Å²) in [7, 11) is 1.95. The third-order valence-corrected chi connectivity index (χ3v) is 4.76. The van der Waals surface area contributed by atoms with E-state index in [-0.39, 0.29) is 11.6 Å². The standard InChI is InChI=1S/C20H19ClN6O/c1-13(24-14-9-23-12-26(2)11-14)19-25-17-7-3-6-16(21)18(17)20(28)27(19)15-5-4-8-22-10-15/h3-11,13,24H,12H2,1-2H3. The number of aliphatic imine (C=N–C) groups is 1. The van der Waals surface area contributed by atoms with Crippen molar-refractivity contribution in [3.63, 3.8) is 0 Å². The molecule has 0 amide bonds. The molecule has 3 aromatic rings. The van der Waals surface area contributed by atoms with Crippen LogP contribution < -0.4 is 10.9 Å². The van der Waals surface area contributed by atoms with Crippen LogP contribution in [0.2, 0.25) is 5.02 Å². The Hall–Kier alpha value is -3.19. The fourth-order valence-corrected chi connectivity index (χ4v) is 3.45. The van der Waals surface area contributed by atoms with Crippen LogP contribution in [0.5, 0.6) is 0 Å². The highest BCUT2D eigenvalue weighted by Crippen LogP contribution is 2.23. The zero-order valence-corrected chi connectivity index (χ0v) is 16.3. The first kappa shape index (κ1) is 18.2. The SMILES string of the molecule is CC(NC1=CN(C)CN=C1)c1nc2cccc(Cl)c2c(=O)n1-c1cccnc1. The number of rotatable bonds is 4. The number of nitrogens with one attached hydrogen (secondary N) is 1. The van der Waals surface area contributed by atoms with Crippen LogP contribution in [0.1, 0.15) is 18.8 Å². The van der Waals surface area contributed by atoms with E-state index in [2.05, 4.69) is 15.3 Å². The molecule has 1 atom stereocenters. The first-order chi connectivity index (χ1) is 13.5. The lowest BCUT2D eigenvalue weighted by Crippen LogP contribution is -2.31. The molecule has 3 heterocycles. The van der Waals surface area contributed by atoms with Crippen molar-refractivity contribution >= 4 is 28.7 Å². The maximum atomic E-state index is 13.4. The van der Waals surface area contributed by atoms with E-state index in [1.807, 2.05) is 31.1 Å². The number of nitrogens with zero attached hydrogens (tertiary/aromatic N) is 5. The predicted octanol–water partition coefficient (Wildman–Crippen LogP) is 2.90. The van der Waals surface area contributed by atoms with Crippen LogP contribution in [0.25, 0.3) is 16.6 Å². The lowest BCUT2D eigenvalue weighted by Gasteiger charge is -2.23. The number of pyridine rings is 1. The second kappa shape index (κ2) is 7.44. The van der Waals surface area contributed by atoms with Gasteiger partial charge in [-0.3, -0.25) is 19.3 Å². The zero-order valence-electron chi connectivity index (χ0n) is 15.5. The van der Waals surface area contributed by atoms with E-state index in [0.29, 0.717) is 34.1 Å². The molecule has 0 saturated carbocycles. The van der Waals surface area contributed by atoms with Gasteiger partial charge in [-0.15, -0.1) is 0 Å². The maximum Gasteiger partial charge on any atom is 0.267 e. The van der Waals surface area contributed by atoms with Crippen molar-refractivity contribution in [1.29, 1.82) is 0 Å². The summed E-state index contributed by atoms with van der Waals surface area (Å²) in [5.74, 6) is 0.565. The molecule has 28 heavy (non-hydrogen) atoms. The van der Waals surface area contributed by atoms with Gasteiger partial charge < -0.3 is 10.2 Å². The Morgan fingerprint density at radius 2 is 2.11 bits per heavy atom. The highest BCUT2D eigenvalue weighted by Gasteiger charge is 2.20. The molecule has 1 aliphatic heterocycles. The van der Waals surface area contributed by atoms with Gasteiger partial charge in [0, 0.05) is 25.7 Å². The predicted molar refractivity (Wildman–Crippen MR) is 111 cm³/mol. The first-order valence-electron chi connectivity index (χ1n) is 8.84. The molecule has 142 valence electrons. The minimum atomic E-state index is -0.263. The summed E-state index contributed by atoms with van der Waals surface area (Å²) in [5.41, 5.74) is 1.81. The first-order valence-corrected chi connectivity index (χ1v) is 9.22. The maximum absolute atomic E-state index is 13.4. The summed E-state index contributed by atoms with van der Waals surface area (Å²) >= 11 is 6.31. The Morgan fingerprint density at radius 1 is 1.25 bits per heavy atom. The zero-order chi connectivity index (χ0) is 19.7. The van der Waals surface area contributed by atoms with Crippen molar-refractivity contribution in [3.8, 4) is 5.69 Å². The van der Waals surface area contributed by atoms with Gasteiger partial charge in [-0.2, -0.15) is 0 Å². The monoisotopic (exact) mass is 394 g/mol. The quantitative estimate of drug-likeness (QED) is 0.736. The summed E-state index contributed by atoms with van der Waals surface area (Å²) in [4.78, 5) is 28.5. The van der Waals surface area contributed by atoms with Crippen molar-refractivity contribution in [2.45, 2.75) is 13.0 Å². The van der Waals surface area contributed by atoms with E-state index in [1.165, 1.54) is 0 Å². The third-order valence-electron chi connectivity index (χ3n) is 4.44. The molecule has 0 saturated heterocycles. The fraction of sp³-hybridized carbons (Fsp3) is 0.200. The van der Waals surface area contributed by atoms with E-state index < -0.39 is 0 Å². The van der Waals surface area contributed by atoms with E-state index >= 15 is 0 Å². The number of allylic oxidation sites excluding steroid dienone is 1. The summed E-state index contributed by atoms with van der Waals surface area (Å²) in [6.07, 6.45) is 7.04. The molecular weight excluding hydrogens is 376 g/mol. The van der Waals surface area contributed by atoms with Gasteiger partial charge in [0.25, 0.3) is 5.56 Å². The molecule has 0 radical (unpaired) electrons. The molecule has 2 aromatic heterocycles. The van der Waals surface area contributed by atoms with Gasteiger partial charge in [-0.05, 0) is 31.2 Å². The summed E-state index contributed by atoms with van der Waals surface area (Å²) in [5, 5.41) is 4.15. The van der Waals surface area contributed by atoms with E-state index in [4.69, 9.17) is 16.6 Å². The van der Waals surface area contributed by atoms with Gasteiger partial charge in [0.05, 0.1) is 39.5 Å². The second-order valence-electron chi connectivity index (χ2n) is 6.62. The lowest BCUT2D eigenvalue weighted by molar-refractivity contribution is 0.457. The van der Waals surface area contributed by atoms with Crippen LogP contribution in [0.15, 0.2) is 64.4 Å². The second-order valence-corrected chi connectivity index (χ2v) is 7.02. The largest absolute Gasteiger partial charge is 0.373 e. The van der Waals surface area contributed by atoms with Crippen molar-refractivity contribution < 1.29 is 0 Å². The van der Waals surface area contributed by atoms with Crippen LogP contribution >= 0.6 is 11.6 Å². The van der Waals surface area contributed by atoms with Crippen molar-refractivity contribution in [3.05, 3.63) is 75.8 Å². The number of benzene rings is 1. The molecule has 7 nitrogen and oxygen atoms in total. The molecule has 0 spiro atoms. The van der Waals surface area contributed by atoms with Gasteiger partial charge in [0.2, 0.25) is 0 Å². The lowest BCUT2D eigenvalue weighted by atomic mass is 10.2. The Labute approximate surface area is 167 Å². The van der Waals surface area contributed by atoms with Crippen LogP contribution in [0, 0.1) is 0 Å². The summed E-state index contributed by atoms with van der Waals surface area (Å²) in [6.45, 7) is 2.57. The molecular formula is C20H19ClN6O. The third kappa shape index (κ3) is 3.36. The summed E-state index contributed by atoms with van der Waals surface area (Å²) in [6, 6.07) is 8.62. The van der Waals surface area contributed by atoms with Gasteiger partial charge in [-0.25, -0.2) is 4.98 Å². The van der Waals surface area contributed by atoms with Gasteiger partial charge >= 0.3 is 0 Å². The molecule has 1 N–H and O–H groups in total. The van der Waals surface area contributed by atoms with Crippen LogP contribution in [0.4, 0.5) is 0 Å². The molecule has 0 aliphatic carbocycles. The Morgan fingerprint density at radius 3 is 2.86 bits per heavy atom. The molecule has 1 unspecified atom stereocenters. The highest BCUT2D eigenvalue weighted by atomic mass is 35.5. The highest BCUT2D eigenvalue weighted by molar-refractivity contribution is 6.35. The minimum Gasteiger partial charge on any atom is -0.373 e. The van der Waals surface area contributed by atoms with Crippen molar-refractivity contribution in [1.82, 2.24) is 24.8 Å². The van der Waals surface area contributed by atoms with E-state index in [0.717, 1.165) is 5.70 Å². The number of aromatic nitrogens is 3. The summed E-state index contributed by atoms with van der Waals surface area (Å²) < 4.78 is 1.56. The molecule has 1 aliphatic rings. The van der Waals surface area contributed by atoms with E-state index in [1.54, 1.807) is 47.4 Å². The fourth-order valence-electron chi connectivity index (χ4n) is 3.20. The molecule has 0 fully saturated rings. The number of fused-ring (bicyclic) bond motifs is 1. The number of halogens is 1. The smallest absolute Gasteiger partial charge is 0.267 e. The van der Waals surface area contributed by atoms with Crippen molar-refractivity contribution in [2.75, 3.05) is 13.7 Å². The normalized spacial score (nSPS) is 14.8. The van der Waals surface area contributed by atoms with Gasteiger partial charge in [0.1, 0.15) is 12.5 Å². The minimum absolute atomic E-state index is 0.226. The molecule has 8 heteroatoms. The van der Waals surface area contributed by atoms with Crippen molar-refractivity contribution in [2.24, 2.45) is 4.99 Å². The van der Waals surface area contributed by atoms with E-state index in [9.17, 15) is 4.79 Å². The van der Waals surface area contributed by atoms with Gasteiger partial charge in [0.15, 0.2) is 0 Å². The van der Waals surface area contributed by atoms with Crippen LogP contribution in [0.3, 0.4) is 0 Å². The Kier molecular flexibility index (Phi) is 4.83. The average Bonchev–Trinajstić information content (AvgIpc) is 2.68. The Bertz CT molecular complexity index is 1140. The molecule has 0 bridgehead atoms. The topological polar surface area (TPSA) is 75.4 Å². The molecule has 1 aromatic carbocycles. The average molecular weight is 395 g/mol. The van der Waals surface area contributed by atoms with Crippen LogP contribution in [-0.2, 0) is 0 Å². The van der Waals surface area contributed by atoms with Crippen LogP contribution in [-0.4, -0.2) is 39.4 Å². The number of hydrogen-bond donors (Lipinski definition) is 1. The Balaban J connectivity index is 1.89. The van der Waals surface area contributed by atoms with Gasteiger partial charge in [-0.1, -0.05) is 17.7 Å². The molecule has 4 rings (SSSR count).